The molecule has 2 amide bonds. The van der Waals surface area contributed by atoms with Crippen LogP contribution in [0.5, 0.6) is 0 Å². The van der Waals surface area contributed by atoms with E-state index in [1.54, 1.807) is 11.8 Å². The van der Waals surface area contributed by atoms with Crippen LogP contribution in [0.25, 0.3) is 0 Å². The Balaban J connectivity index is 2.36. The van der Waals surface area contributed by atoms with Crippen molar-refractivity contribution in [3.8, 4) is 0 Å². The highest BCUT2D eigenvalue weighted by atomic mass is 16.4. The molecule has 1 rings (SSSR count). The van der Waals surface area contributed by atoms with Crippen LogP contribution in [0.2, 0.25) is 0 Å². The Hall–Kier alpha value is -1.63. The first-order valence-electron chi connectivity index (χ1n) is 6.42. The number of carbonyl (C=O) groups is 3. The average Bonchev–Trinajstić information content (AvgIpc) is 2.43. The summed E-state index contributed by atoms with van der Waals surface area (Å²) < 4.78 is 0. The van der Waals surface area contributed by atoms with Crippen molar-refractivity contribution in [2.24, 2.45) is 11.8 Å². The van der Waals surface area contributed by atoms with Crippen LogP contribution >= 0.6 is 0 Å². The molecule has 2 unspecified atom stereocenters. The molecule has 108 valence electrons. The molecule has 0 aromatic rings. The Labute approximate surface area is 112 Å². The third-order valence-electron chi connectivity index (χ3n) is 3.44. The van der Waals surface area contributed by atoms with Crippen molar-refractivity contribution in [2.75, 3.05) is 32.7 Å². The highest BCUT2D eigenvalue weighted by Gasteiger charge is 2.26. The summed E-state index contributed by atoms with van der Waals surface area (Å²) >= 11 is 0. The monoisotopic (exact) mass is 271 g/mol. The summed E-state index contributed by atoms with van der Waals surface area (Å²) in [5.41, 5.74) is 0. The van der Waals surface area contributed by atoms with Crippen molar-refractivity contribution in [1.29, 1.82) is 0 Å². The van der Waals surface area contributed by atoms with Crippen molar-refractivity contribution in [3.05, 3.63) is 0 Å². The van der Waals surface area contributed by atoms with Gasteiger partial charge in [0.2, 0.25) is 11.8 Å². The van der Waals surface area contributed by atoms with Gasteiger partial charge < -0.3 is 20.6 Å². The molecular weight excluding hydrogens is 250 g/mol. The van der Waals surface area contributed by atoms with Crippen LogP contribution in [0.4, 0.5) is 0 Å². The lowest BCUT2D eigenvalue weighted by atomic mass is 9.95. The van der Waals surface area contributed by atoms with Crippen molar-refractivity contribution in [3.63, 3.8) is 0 Å². The lowest BCUT2D eigenvalue weighted by Gasteiger charge is -2.27. The fourth-order valence-electron chi connectivity index (χ4n) is 1.79. The molecule has 3 N–H and O–H groups in total. The molecule has 0 radical (unpaired) electrons. The van der Waals surface area contributed by atoms with Crippen molar-refractivity contribution >= 4 is 17.8 Å². The van der Waals surface area contributed by atoms with Gasteiger partial charge in [-0.15, -0.1) is 0 Å². The first-order chi connectivity index (χ1) is 8.93. The van der Waals surface area contributed by atoms with E-state index in [1.165, 1.54) is 6.92 Å². The van der Waals surface area contributed by atoms with Gasteiger partial charge in [0.05, 0.1) is 12.5 Å². The van der Waals surface area contributed by atoms with E-state index in [9.17, 15) is 14.4 Å². The van der Waals surface area contributed by atoms with E-state index in [2.05, 4.69) is 10.6 Å². The fourth-order valence-corrected chi connectivity index (χ4v) is 1.79. The maximum absolute atomic E-state index is 11.8. The maximum atomic E-state index is 11.8. The molecule has 0 saturated carbocycles. The van der Waals surface area contributed by atoms with Crippen LogP contribution in [0.1, 0.15) is 13.8 Å². The standard InChI is InChI=1S/C12H21N3O4/c1-8(9(2)12(18)19)11(17)14-7-10(16)15-5-3-13-4-6-15/h8-9,13H,3-7H2,1-2H3,(H,14,17)(H,18,19). The Morgan fingerprint density at radius 2 is 1.79 bits per heavy atom. The smallest absolute Gasteiger partial charge is 0.307 e. The molecule has 1 heterocycles. The zero-order chi connectivity index (χ0) is 14.4. The van der Waals surface area contributed by atoms with E-state index >= 15 is 0 Å². The second kappa shape index (κ2) is 7.08. The minimum atomic E-state index is -1.02. The topological polar surface area (TPSA) is 98.7 Å². The SMILES string of the molecule is CC(C(=O)O)C(C)C(=O)NCC(=O)N1CCNCC1. The summed E-state index contributed by atoms with van der Waals surface area (Å²) in [5, 5.41) is 14.5. The lowest BCUT2D eigenvalue weighted by Crippen LogP contribution is -2.50. The highest BCUT2D eigenvalue weighted by molar-refractivity contribution is 5.88. The van der Waals surface area contributed by atoms with E-state index in [0.717, 1.165) is 13.1 Å². The Kier molecular flexibility index (Phi) is 5.75. The van der Waals surface area contributed by atoms with E-state index in [4.69, 9.17) is 5.11 Å². The van der Waals surface area contributed by atoms with Crippen LogP contribution in [0, 0.1) is 11.8 Å². The normalized spacial score (nSPS) is 18.5. The lowest BCUT2D eigenvalue weighted by molar-refractivity contribution is -0.146. The van der Waals surface area contributed by atoms with E-state index in [0.29, 0.717) is 13.1 Å². The minimum Gasteiger partial charge on any atom is -0.481 e. The number of amides is 2. The van der Waals surface area contributed by atoms with Crippen LogP contribution in [0.15, 0.2) is 0 Å². The summed E-state index contributed by atoms with van der Waals surface area (Å²) in [6, 6.07) is 0. The number of hydrogen-bond donors (Lipinski definition) is 3. The van der Waals surface area contributed by atoms with Gasteiger partial charge in [0, 0.05) is 32.1 Å². The Bertz CT molecular complexity index is 353. The van der Waals surface area contributed by atoms with E-state index in [-0.39, 0.29) is 12.5 Å². The third kappa shape index (κ3) is 4.51. The molecule has 1 fully saturated rings. The van der Waals surface area contributed by atoms with Gasteiger partial charge in [0.25, 0.3) is 0 Å². The summed E-state index contributed by atoms with van der Waals surface area (Å²) in [4.78, 5) is 36.0. The van der Waals surface area contributed by atoms with Gasteiger partial charge in [-0.25, -0.2) is 0 Å². The van der Waals surface area contributed by atoms with Gasteiger partial charge in [-0.2, -0.15) is 0 Å². The van der Waals surface area contributed by atoms with Gasteiger partial charge in [-0.3, -0.25) is 14.4 Å². The second-order valence-corrected chi connectivity index (χ2v) is 4.76. The molecular formula is C12H21N3O4. The van der Waals surface area contributed by atoms with Gasteiger partial charge in [-0.1, -0.05) is 13.8 Å². The van der Waals surface area contributed by atoms with Crippen molar-refractivity contribution in [1.82, 2.24) is 15.5 Å². The number of carboxylic acids is 1. The molecule has 0 spiro atoms. The van der Waals surface area contributed by atoms with Gasteiger partial charge in [0.1, 0.15) is 0 Å². The molecule has 1 saturated heterocycles. The molecule has 7 heteroatoms. The summed E-state index contributed by atoms with van der Waals surface area (Å²) in [6.07, 6.45) is 0. The largest absolute Gasteiger partial charge is 0.481 e. The number of nitrogens with zero attached hydrogens (tertiary/aromatic N) is 1. The number of carboxylic acid groups (broad SMARTS) is 1. The maximum Gasteiger partial charge on any atom is 0.307 e. The van der Waals surface area contributed by atoms with Crippen LogP contribution < -0.4 is 10.6 Å². The number of hydrogen-bond acceptors (Lipinski definition) is 4. The van der Waals surface area contributed by atoms with Gasteiger partial charge >= 0.3 is 5.97 Å². The number of aliphatic carboxylic acids is 1. The molecule has 19 heavy (non-hydrogen) atoms. The number of piperazine rings is 1. The highest BCUT2D eigenvalue weighted by Crippen LogP contribution is 2.10. The first-order valence-corrected chi connectivity index (χ1v) is 6.42. The zero-order valence-corrected chi connectivity index (χ0v) is 11.3. The van der Waals surface area contributed by atoms with Gasteiger partial charge in [-0.05, 0) is 0 Å². The predicted octanol–water partition coefficient (Wildman–Crippen LogP) is -1.11. The van der Waals surface area contributed by atoms with Crippen LogP contribution in [-0.2, 0) is 14.4 Å². The summed E-state index contributed by atoms with van der Waals surface area (Å²) in [6.45, 7) is 5.73. The molecule has 1 aliphatic rings. The summed E-state index contributed by atoms with van der Waals surface area (Å²) in [7, 11) is 0. The number of rotatable bonds is 5. The first kappa shape index (κ1) is 15.4. The Morgan fingerprint density at radius 1 is 1.21 bits per heavy atom. The molecule has 0 bridgehead atoms. The number of nitrogens with one attached hydrogen (secondary N) is 2. The molecule has 0 aliphatic carbocycles. The van der Waals surface area contributed by atoms with E-state index < -0.39 is 23.7 Å². The minimum absolute atomic E-state index is 0.0739. The third-order valence-corrected chi connectivity index (χ3v) is 3.44. The van der Waals surface area contributed by atoms with Gasteiger partial charge in [0.15, 0.2) is 0 Å². The molecule has 1 aliphatic heterocycles. The van der Waals surface area contributed by atoms with Crippen molar-refractivity contribution in [2.45, 2.75) is 13.8 Å². The molecule has 2 atom stereocenters. The fraction of sp³-hybridized carbons (Fsp3) is 0.750. The van der Waals surface area contributed by atoms with Crippen molar-refractivity contribution < 1.29 is 19.5 Å². The average molecular weight is 271 g/mol. The van der Waals surface area contributed by atoms with Crippen LogP contribution in [-0.4, -0.2) is 60.5 Å². The van der Waals surface area contributed by atoms with Crippen LogP contribution in [0.3, 0.4) is 0 Å². The molecule has 0 aromatic heterocycles. The Morgan fingerprint density at radius 3 is 2.32 bits per heavy atom. The summed E-state index contributed by atoms with van der Waals surface area (Å²) in [5.74, 6) is -2.98. The molecule has 0 aromatic carbocycles. The van der Waals surface area contributed by atoms with E-state index in [1.807, 2.05) is 0 Å². The quantitative estimate of drug-likeness (QED) is 0.589. The second-order valence-electron chi connectivity index (χ2n) is 4.76. The molecule has 7 nitrogen and oxygen atoms in total. The predicted molar refractivity (Wildman–Crippen MR) is 68.4 cm³/mol. The number of carbonyl (C=O) groups excluding carboxylic acids is 2. The zero-order valence-electron chi connectivity index (χ0n) is 11.3.